The van der Waals surface area contributed by atoms with Crippen molar-refractivity contribution in [1.29, 1.82) is 0 Å². The maximum Gasteiger partial charge on any atom is 0.412 e. The van der Waals surface area contributed by atoms with Crippen LogP contribution in [-0.2, 0) is 52.3 Å². The van der Waals surface area contributed by atoms with Crippen LogP contribution in [0.25, 0.3) is 0 Å². The molecule has 6 rings (SSSR count). The molecular weight excluding hydrogens is 814 g/mol. The Morgan fingerprint density at radius 2 is 1.69 bits per heavy atom. The van der Waals surface area contributed by atoms with E-state index in [0.29, 0.717) is 5.57 Å². The summed E-state index contributed by atoms with van der Waals surface area (Å²) in [6.07, 6.45) is -9.60. The van der Waals surface area contributed by atoms with Crippen LogP contribution < -0.4 is 5.32 Å². The van der Waals surface area contributed by atoms with Gasteiger partial charge in [0.2, 0.25) is 0 Å². The van der Waals surface area contributed by atoms with E-state index in [4.69, 9.17) is 37.6 Å². The molecule has 3 fully saturated rings. The minimum absolute atomic E-state index is 0.0410. The summed E-state index contributed by atoms with van der Waals surface area (Å²) in [5.74, 6) is -6.59. The van der Waals surface area contributed by atoms with Crippen LogP contribution in [0.4, 0.5) is 4.79 Å². The Morgan fingerprint density at radius 1 is 1.00 bits per heavy atom. The lowest BCUT2D eigenvalue weighted by atomic mass is 9.44. The predicted molar refractivity (Wildman–Crippen MR) is 211 cm³/mol. The summed E-state index contributed by atoms with van der Waals surface area (Å²) >= 11 is 0. The van der Waals surface area contributed by atoms with Crippen molar-refractivity contribution in [1.82, 2.24) is 5.32 Å². The summed E-state index contributed by atoms with van der Waals surface area (Å²) in [6.45, 7) is 9.51. The highest BCUT2D eigenvalue weighted by molar-refractivity contribution is 5.94. The molecule has 2 saturated carbocycles. The lowest BCUT2D eigenvalue weighted by Crippen LogP contribution is -2.82. The van der Waals surface area contributed by atoms with Crippen LogP contribution in [0.5, 0.6) is 0 Å². The molecule has 1 saturated heterocycles. The molecule has 1 aromatic carbocycles. The first-order valence-electron chi connectivity index (χ1n) is 20.1. The molecule has 336 valence electrons. The average molecular weight is 868 g/mol. The number of nitrogens with one attached hydrogen (secondary N) is 1. The molecule has 4 N–H and O–H groups in total. The summed E-state index contributed by atoms with van der Waals surface area (Å²) in [5.41, 5.74) is -7.38. The van der Waals surface area contributed by atoms with E-state index in [-0.39, 0.29) is 35.5 Å². The second-order valence-corrected chi connectivity index (χ2v) is 17.2. The van der Waals surface area contributed by atoms with Crippen LogP contribution >= 0.6 is 0 Å². The minimum Gasteiger partial charge on any atom is -0.467 e. The molecule has 2 aromatic rings. The maximum absolute atomic E-state index is 15.4. The van der Waals surface area contributed by atoms with E-state index in [1.54, 1.807) is 32.0 Å². The number of fused-ring (bicyclic) bond motifs is 5. The fourth-order valence-corrected chi connectivity index (χ4v) is 9.69. The van der Waals surface area contributed by atoms with Gasteiger partial charge < -0.3 is 58.2 Å². The molecule has 2 bridgehead atoms. The van der Waals surface area contributed by atoms with Gasteiger partial charge in [0.25, 0.3) is 0 Å². The molecule has 62 heavy (non-hydrogen) atoms. The van der Waals surface area contributed by atoms with Gasteiger partial charge in [0, 0.05) is 32.3 Å². The molecule has 2 unspecified atom stereocenters. The third kappa shape index (κ3) is 7.94. The fraction of sp³-hybridized carbons (Fsp3) is 0.545. The van der Waals surface area contributed by atoms with E-state index in [9.17, 15) is 39.3 Å². The Balaban J connectivity index is 1.52. The van der Waals surface area contributed by atoms with E-state index in [2.05, 4.69) is 5.32 Å². The van der Waals surface area contributed by atoms with Gasteiger partial charge in [-0.05, 0) is 68.7 Å². The number of allylic oxidation sites excluding steroid dienone is 1. The number of carbonyl (C=O) groups is 6. The number of rotatable bonds is 12. The van der Waals surface area contributed by atoms with Crippen molar-refractivity contribution in [2.75, 3.05) is 20.3 Å². The number of ether oxygens (including phenoxy) is 7. The van der Waals surface area contributed by atoms with E-state index in [1.165, 1.54) is 65.3 Å². The van der Waals surface area contributed by atoms with Crippen LogP contribution in [0.1, 0.15) is 83.5 Å². The van der Waals surface area contributed by atoms with Gasteiger partial charge in [-0.25, -0.2) is 19.2 Å². The third-order valence-corrected chi connectivity index (χ3v) is 12.8. The second kappa shape index (κ2) is 17.4. The van der Waals surface area contributed by atoms with Crippen LogP contribution in [0.3, 0.4) is 0 Å². The molecule has 0 radical (unpaired) electrons. The molecule has 4 aliphatic rings. The zero-order chi connectivity index (χ0) is 45.5. The number of carbonyl (C=O) groups excluding carboxylic acids is 6. The van der Waals surface area contributed by atoms with Gasteiger partial charge in [0.15, 0.2) is 17.5 Å². The Kier molecular flexibility index (Phi) is 12.9. The van der Waals surface area contributed by atoms with E-state index in [1.807, 2.05) is 0 Å². The van der Waals surface area contributed by atoms with Gasteiger partial charge in [0.1, 0.15) is 54.5 Å². The Hall–Kier alpha value is -5.40. The first kappa shape index (κ1) is 46.1. The van der Waals surface area contributed by atoms with Crippen molar-refractivity contribution in [3.8, 4) is 0 Å². The number of furan rings is 1. The van der Waals surface area contributed by atoms with Crippen molar-refractivity contribution in [3.05, 3.63) is 83.0 Å². The molecule has 11 atom stereocenters. The number of methoxy groups -OCH3 is 1. The number of benzene rings is 1. The highest BCUT2D eigenvalue weighted by Gasteiger charge is 2.78. The summed E-state index contributed by atoms with van der Waals surface area (Å²) in [5, 5.41) is 39.9. The maximum atomic E-state index is 15.4. The summed E-state index contributed by atoms with van der Waals surface area (Å²) in [7, 11) is 1.26. The quantitative estimate of drug-likeness (QED) is 0.103. The largest absolute Gasteiger partial charge is 0.467 e. The Morgan fingerprint density at radius 3 is 2.27 bits per heavy atom. The Labute approximate surface area is 357 Å². The van der Waals surface area contributed by atoms with Gasteiger partial charge >= 0.3 is 30.0 Å². The average Bonchev–Trinajstić information content (AvgIpc) is 3.75. The molecule has 18 nitrogen and oxygen atoms in total. The second-order valence-electron chi connectivity index (χ2n) is 17.2. The van der Waals surface area contributed by atoms with E-state index < -0.39 is 119 Å². The third-order valence-electron chi connectivity index (χ3n) is 12.8. The summed E-state index contributed by atoms with van der Waals surface area (Å²) in [6, 6.07) is 9.05. The van der Waals surface area contributed by atoms with Crippen molar-refractivity contribution >= 4 is 35.8 Å². The SMILES string of the molecule is COCC(=O)O[C@H]1C[C@H]2OC[C@@]2(OC(C)=O)C2C(OC(=O)c3ccccc3)[C@]3(O)C[C@H](OC(=O)[C@H](O)[C@@H](NC(=O)OC=C(C)C)c4ccco4)C(C)=C([C@@H](O)C(=O)[C@@]21C)C3(C)C. The van der Waals surface area contributed by atoms with Crippen molar-refractivity contribution in [2.24, 2.45) is 16.7 Å². The molecule has 1 aromatic heterocycles. The van der Waals surface area contributed by atoms with Crippen molar-refractivity contribution in [2.45, 2.75) is 115 Å². The zero-order valence-corrected chi connectivity index (χ0v) is 35.7. The minimum atomic E-state index is -2.44. The monoisotopic (exact) mass is 867 g/mol. The van der Waals surface area contributed by atoms with Crippen molar-refractivity contribution < 1.29 is 81.7 Å². The number of aliphatic hydroxyl groups excluding tert-OH is 2. The molecule has 1 amide bonds. The molecule has 0 spiro atoms. The van der Waals surface area contributed by atoms with Gasteiger partial charge in [-0.3, -0.25) is 9.59 Å². The van der Waals surface area contributed by atoms with Gasteiger partial charge in [-0.1, -0.05) is 32.0 Å². The topological polar surface area (TPSA) is 253 Å². The zero-order valence-electron chi connectivity index (χ0n) is 35.7. The van der Waals surface area contributed by atoms with Gasteiger partial charge in [0.05, 0.1) is 36.0 Å². The fourth-order valence-electron chi connectivity index (χ4n) is 9.69. The standard InChI is InChI=1S/C44H53NO17/c1-22(2)19-57-40(53)45-32(26-15-12-16-56-26)34(49)39(52)59-27-18-44(54)37(61-38(51)25-13-10-9-11-14-25)35-42(7,36(50)33(48)31(23(27)3)41(44,5)6)28(60-30(47)20-55-8)17-29-43(35,21-58-29)62-24(4)46/h9-16,19,27-29,32-35,37,48-49,54H,17-18,20-21H2,1-8H3,(H,45,53)/t27-,28-,29+,32-,33+,34+,35?,37?,42+,43-,44+/m0/s1. The summed E-state index contributed by atoms with van der Waals surface area (Å²) in [4.78, 5) is 82.6. The van der Waals surface area contributed by atoms with Crippen LogP contribution in [0.15, 0.2) is 76.1 Å². The molecule has 1 aliphatic heterocycles. The lowest BCUT2D eigenvalue weighted by Gasteiger charge is -2.67. The smallest absolute Gasteiger partial charge is 0.412 e. The number of Topliss-reactive ketones (excluding diaryl/α,β-unsaturated/α-hetero) is 1. The number of hydrogen-bond acceptors (Lipinski definition) is 17. The molecule has 2 heterocycles. The van der Waals surface area contributed by atoms with E-state index in [0.717, 1.165) is 13.2 Å². The lowest BCUT2D eigenvalue weighted by molar-refractivity contribution is -0.346. The highest BCUT2D eigenvalue weighted by atomic mass is 16.6. The van der Waals surface area contributed by atoms with Gasteiger partial charge in [-0.15, -0.1) is 0 Å². The Bertz CT molecular complexity index is 2130. The molecule has 3 aliphatic carbocycles. The number of esters is 4. The van der Waals surface area contributed by atoms with Crippen LogP contribution in [-0.4, -0.2) is 119 Å². The predicted octanol–water partition coefficient (Wildman–Crippen LogP) is 3.18. The number of amides is 1. The van der Waals surface area contributed by atoms with Crippen LogP contribution in [0, 0.1) is 16.7 Å². The molecule has 18 heteroatoms. The number of ketones is 1. The summed E-state index contributed by atoms with van der Waals surface area (Å²) < 4.78 is 45.7. The van der Waals surface area contributed by atoms with Gasteiger partial charge in [-0.2, -0.15) is 0 Å². The van der Waals surface area contributed by atoms with Crippen molar-refractivity contribution in [3.63, 3.8) is 0 Å². The first-order valence-corrected chi connectivity index (χ1v) is 20.1. The highest BCUT2D eigenvalue weighted by Crippen LogP contribution is 2.64. The normalized spacial score (nSPS) is 31.8. The number of aliphatic hydroxyl groups is 3. The number of alkyl carbamates (subject to hydrolysis) is 1. The molecular formula is C44H53NO17. The number of hydrogen-bond donors (Lipinski definition) is 4. The van der Waals surface area contributed by atoms with Crippen LogP contribution in [0.2, 0.25) is 0 Å². The first-order chi connectivity index (χ1) is 29.1. The van der Waals surface area contributed by atoms with E-state index >= 15 is 4.79 Å².